The Morgan fingerprint density at radius 2 is 1.59 bits per heavy atom. The maximum Gasteiger partial charge on any atom is 0.407 e. The Morgan fingerprint density at radius 1 is 0.955 bits per heavy atom. The fraction of sp³-hybridized carbons (Fsp3) is 0.226. The smallest absolute Gasteiger partial charge is 0.407 e. The van der Waals surface area contributed by atoms with Gasteiger partial charge in [-0.3, -0.25) is 9.59 Å². The number of amides is 2. The van der Waals surface area contributed by atoms with Gasteiger partial charge in [-0.05, 0) is 18.6 Å². The highest BCUT2D eigenvalue weighted by molar-refractivity contribution is 6.39. The maximum absolute atomic E-state index is 12.2. The van der Waals surface area contributed by atoms with Crippen LogP contribution in [0.15, 0.2) is 54.7 Å². The van der Waals surface area contributed by atoms with Crippen LogP contribution < -0.4 is 20.1 Å². The van der Waals surface area contributed by atoms with E-state index in [1.807, 2.05) is 30.3 Å². The lowest BCUT2D eigenvalue weighted by Gasteiger charge is -2.15. The van der Waals surface area contributed by atoms with E-state index >= 15 is 0 Å². The minimum atomic E-state index is -0.651. The van der Waals surface area contributed by atoms with Gasteiger partial charge in [-0.2, -0.15) is 0 Å². The summed E-state index contributed by atoms with van der Waals surface area (Å²) in [5.74, 6) is 0.326. The quantitative estimate of drug-likeness (QED) is 0.216. The first kappa shape index (κ1) is 30.7. The Bertz CT molecular complexity index is 1730. The van der Waals surface area contributed by atoms with Crippen molar-refractivity contribution in [3.05, 3.63) is 76.0 Å². The molecule has 5 rings (SSSR count). The Kier molecular flexibility index (Phi) is 9.56. The van der Waals surface area contributed by atoms with Crippen molar-refractivity contribution < 1.29 is 28.6 Å². The van der Waals surface area contributed by atoms with Crippen molar-refractivity contribution in [1.82, 2.24) is 25.6 Å². The monoisotopic (exact) mass is 635 g/mol. The summed E-state index contributed by atoms with van der Waals surface area (Å²) in [7, 11) is 2.88. The third kappa shape index (κ3) is 6.58. The second-order valence-corrected chi connectivity index (χ2v) is 10.5. The van der Waals surface area contributed by atoms with Crippen LogP contribution in [0.3, 0.4) is 0 Å². The predicted molar refractivity (Wildman–Crippen MR) is 164 cm³/mol. The number of carbonyl (C=O) groups is 3. The molecule has 226 valence electrons. The molecule has 0 aliphatic carbocycles. The number of nitrogens with one attached hydrogen (secondary N) is 2. The van der Waals surface area contributed by atoms with Gasteiger partial charge in [0.2, 0.25) is 17.7 Å². The van der Waals surface area contributed by atoms with Crippen molar-refractivity contribution in [3.8, 4) is 45.4 Å². The fourth-order valence-corrected chi connectivity index (χ4v) is 5.39. The van der Waals surface area contributed by atoms with E-state index in [1.54, 1.807) is 18.2 Å². The highest BCUT2D eigenvalue weighted by atomic mass is 35.5. The minimum absolute atomic E-state index is 0.0342. The molecule has 1 atom stereocenters. The average Bonchev–Trinajstić information content (AvgIpc) is 3.47. The molecule has 1 fully saturated rings. The second-order valence-electron chi connectivity index (χ2n) is 9.72. The molecule has 11 nitrogen and oxygen atoms in total. The van der Waals surface area contributed by atoms with Crippen molar-refractivity contribution in [3.63, 3.8) is 0 Å². The molecule has 2 aromatic carbocycles. The number of aldehydes is 1. The van der Waals surface area contributed by atoms with Crippen LogP contribution in [0, 0.1) is 0 Å². The van der Waals surface area contributed by atoms with Crippen molar-refractivity contribution in [2.75, 3.05) is 20.8 Å². The molecule has 2 amide bonds. The molecule has 4 aromatic rings. The molecule has 2 N–H and O–H groups in total. The number of alkyl carbamates (subject to hydrolysis) is 1. The largest absolute Gasteiger partial charge is 0.480 e. The zero-order valence-electron chi connectivity index (χ0n) is 23.7. The Hall–Kier alpha value is -4.74. The summed E-state index contributed by atoms with van der Waals surface area (Å²) in [4.78, 5) is 48.2. The average molecular weight is 636 g/mol. The summed E-state index contributed by atoms with van der Waals surface area (Å²) in [5, 5.41) is 6.20. The second kappa shape index (κ2) is 13.7. The number of nitrogens with zero attached hydrogens (tertiary/aromatic N) is 3. The van der Waals surface area contributed by atoms with Crippen LogP contribution in [0.25, 0.3) is 33.6 Å². The Morgan fingerprint density at radius 3 is 2.20 bits per heavy atom. The van der Waals surface area contributed by atoms with Crippen LogP contribution in [-0.2, 0) is 16.1 Å². The summed E-state index contributed by atoms with van der Waals surface area (Å²) in [6, 6.07) is 14.1. The third-order valence-electron chi connectivity index (χ3n) is 6.97. The lowest BCUT2D eigenvalue weighted by Crippen LogP contribution is -2.38. The van der Waals surface area contributed by atoms with Gasteiger partial charge in [0.05, 0.1) is 47.4 Å². The molecule has 2 aromatic heterocycles. The molecule has 1 aliphatic heterocycles. The highest BCUT2D eigenvalue weighted by Crippen LogP contribution is 2.42. The van der Waals surface area contributed by atoms with E-state index < -0.39 is 6.09 Å². The molecule has 1 aliphatic rings. The molecular weight excluding hydrogens is 609 g/mol. The van der Waals surface area contributed by atoms with Gasteiger partial charge < -0.3 is 24.8 Å². The molecule has 1 saturated heterocycles. The number of rotatable bonds is 10. The molecular formula is C31H27Cl2N5O6. The van der Waals surface area contributed by atoms with Crippen LogP contribution in [0.2, 0.25) is 10.0 Å². The molecule has 0 spiro atoms. The van der Waals surface area contributed by atoms with Crippen molar-refractivity contribution in [2.45, 2.75) is 25.5 Å². The topological polar surface area (TPSA) is 142 Å². The molecule has 0 bridgehead atoms. The number of ether oxygens (including phenoxy) is 3. The van der Waals surface area contributed by atoms with E-state index in [9.17, 15) is 14.4 Å². The zero-order valence-corrected chi connectivity index (χ0v) is 25.2. The Labute approximate surface area is 262 Å². The van der Waals surface area contributed by atoms with E-state index in [0.717, 1.165) is 0 Å². The molecule has 0 unspecified atom stereocenters. The van der Waals surface area contributed by atoms with Gasteiger partial charge >= 0.3 is 6.09 Å². The van der Waals surface area contributed by atoms with Gasteiger partial charge in [-0.1, -0.05) is 59.6 Å². The normalized spacial score (nSPS) is 14.1. The summed E-state index contributed by atoms with van der Waals surface area (Å²) < 4.78 is 16.0. The number of halogens is 2. The summed E-state index contributed by atoms with van der Waals surface area (Å²) in [6.45, 7) is 0.0906. The van der Waals surface area contributed by atoms with Crippen LogP contribution in [-0.4, -0.2) is 60.0 Å². The van der Waals surface area contributed by atoms with Gasteiger partial charge in [0.15, 0.2) is 6.29 Å². The number of aromatic nitrogens is 3. The zero-order chi connectivity index (χ0) is 31.2. The van der Waals surface area contributed by atoms with E-state index in [4.69, 9.17) is 37.4 Å². The van der Waals surface area contributed by atoms with Gasteiger partial charge in [0.1, 0.15) is 12.3 Å². The SMILES string of the molecule is COc1nc(-c2cccc(-c3cccc(-c4cnc(COC(=O)NC[C@@H]5CCC(=O)N5)c(OC)n4)c3Cl)c2Cl)ccc1C=O. The highest BCUT2D eigenvalue weighted by Gasteiger charge is 2.22. The van der Waals surface area contributed by atoms with Crippen molar-refractivity contribution in [1.29, 1.82) is 0 Å². The molecule has 44 heavy (non-hydrogen) atoms. The van der Waals surface area contributed by atoms with Gasteiger partial charge in [-0.15, -0.1) is 0 Å². The lowest BCUT2D eigenvalue weighted by molar-refractivity contribution is -0.119. The number of hydrogen-bond acceptors (Lipinski definition) is 9. The third-order valence-corrected chi connectivity index (χ3v) is 7.79. The number of benzene rings is 2. The van der Waals surface area contributed by atoms with E-state index in [-0.39, 0.29) is 36.9 Å². The first-order valence-electron chi connectivity index (χ1n) is 13.5. The van der Waals surface area contributed by atoms with E-state index in [1.165, 1.54) is 20.4 Å². The van der Waals surface area contributed by atoms with E-state index in [0.29, 0.717) is 74.1 Å². The number of methoxy groups -OCH3 is 2. The first-order valence-corrected chi connectivity index (χ1v) is 14.3. The lowest BCUT2D eigenvalue weighted by atomic mass is 9.98. The standard InChI is InChI=1S/C31H27Cl2N5O6/c1-42-29-17(15-39)9-11-23(37-29)21-7-3-5-19(27(21)32)20-6-4-8-22(28(20)33)24-14-34-25(30(38-24)43-2)16-44-31(41)35-13-18-10-12-26(40)36-18/h3-9,11,14-15,18H,10,12-13,16H2,1-2H3,(H,35,41)(H,36,40)/t18-/m0/s1. The molecule has 0 saturated carbocycles. The summed E-state index contributed by atoms with van der Waals surface area (Å²) in [5.41, 5.74) is 4.11. The molecule has 0 radical (unpaired) electrons. The summed E-state index contributed by atoms with van der Waals surface area (Å²) in [6.07, 6.45) is 2.64. The van der Waals surface area contributed by atoms with Gasteiger partial charge in [0.25, 0.3) is 0 Å². The van der Waals surface area contributed by atoms with Crippen LogP contribution in [0.5, 0.6) is 11.8 Å². The van der Waals surface area contributed by atoms with Crippen LogP contribution >= 0.6 is 23.2 Å². The predicted octanol–water partition coefficient (Wildman–Crippen LogP) is 5.51. The molecule has 13 heteroatoms. The first-order chi connectivity index (χ1) is 21.3. The maximum atomic E-state index is 12.2. The van der Waals surface area contributed by atoms with Crippen molar-refractivity contribution in [2.24, 2.45) is 0 Å². The van der Waals surface area contributed by atoms with Gasteiger partial charge in [-0.25, -0.2) is 19.7 Å². The van der Waals surface area contributed by atoms with E-state index in [2.05, 4.69) is 25.6 Å². The number of hydrogen-bond donors (Lipinski definition) is 2. The minimum Gasteiger partial charge on any atom is -0.480 e. The molecule has 3 heterocycles. The Balaban J connectivity index is 1.37. The van der Waals surface area contributed by atoms with Crippen LogP contribution in [0.1, 0.15) is 28.9 Å². The van der Waals surface area contributed by atoms with Crippen molar-refractivity contribution >= 4 is 41.5 Å². The number of carbonyl (C=O) groups excluding carboxylic acids is 3. The van der Waals surface area contributed by atoms with Crippen LogP contribution in [0.4, 0.5) is 4.79 Å². The fourth-order valence-electron chi connectivity index (χ4n) is 4.74. The summed E-state index contributed by atoms with van der Waals surface area (Å²) >= 11 is 13.8. The van der Waals surface area contributed by atoms with Gasteiger partial charge in [0, 0.05) is 41.3 Å². The number of pyridine rings is 1.